The third kappa shape index (κ3) is 3.06. The number of benzene rings is 2. The van der Waals surface area contributed by atoms with E-state index in [1.54, 1.807) is 31.2 Å². The van der Waals surface area contributed by atoms with Gasteiger partial charge in [0.2, 0.25) is 0 Å². The van der Waals surface area contributed by atoms with Gasteiger partial charge in [-0.1, -0.05) is 55.8 Å². The van der Waals surface area contributed by atoms with Crippen LogP contribution in [0.25, 0.3) is 0 Å². The van der Waals surface area contributed by atoms with Gasteiger partial charge in [0.1, 0.15) is 5.54 Å². The summed E-state index contributed by atoms with van der Waals surface area (Å²) in [6, 6.07) is 16.4. The van der Waals surface area contributed by atoms with Gasteiger partial charge >= 0.3 is 6.03 Å². The molecule has 3 amide bonds. The Balaban J connectivity index is 1.87. The van der Waals surface area contributed by atoms with Crippen LogP contribution in [-0.2, 0) is 23.3 Å². The highest BCUT2D eigenvalue weighted by atomic mass is 16.2. The summed E-state index contributed by atoms with van der Waals surface area (Å²) in [5, 5.41) is 12.0. The van der Waals surface area contributed by atoms with Crippen LogP contribution in [0.4, 0.5) is 4.79 Å². The first kappa shape index (κ1) is 17.7. The molecule has 2 aromatic rings. The molecule has 1 aliphatic rings. The van der Waals surface area contributed by atoms with Crippen molar-refractivity contribution in [3.63, 3.8) is 0 Å². The maximum atomic E-state index is 13.0. The van der Waals surface area contributed by atoms with Crippen LogP contribution in [0.5, 0.6) is 0 Å². The fraction of sp³-hybridized carbons (Fsp3) is 0.286. The maximum absolute atomic E-state index is 13.0. The van der Waals surface area contributed by atoms with Crippen molar-refractivity contribution in [2.24, 2.45) is 0 Å². The molecule has 1 saturated heterocycles. The standard InChI is InChI=1S/C21H21N3O2/c1-3-6-15-9-11-18(12-10-15)21(2)19(25)24(20(26)23-21)14-17-8-5-4-7-16(17)13-22/h4-5,7-12H,3,6,14H2,1-2H3,(H,23,26)/t21-/m1/s1. The molecule has 0 aromatic heterocycles. The van der Waals surface area contributed by atoms with Gasteiger partial charge in [-0.15, -0.1) is 0 Å². The number of amides is 3. The predicted molar refractivity (Wildman–Crippen MR) is 98.0 cm³/mol. The molecule has 3 rings (SSSR count). The van der Waals surface area contributed by atoms with Crippen molar-refractivity contribution < 1.29 is 9.59 Å². The second kappa shape index (κ2) is 7.01. The molecule has 0 bridgehead atoms. The number of aryl methyl sites for hydroxylation is 1. The largest absolute Gasteiger partial charge is 0.325 e. The molecule has 1 N–H and O–H groups in total. The number of nitrogens with one attached hydrogen (secondary N) is 1. The zero-order valence-electron chi connectivity index (χ0n) is 15.0. The van der Waals surface area contributed by atoms with Gasteiger partial charge in [-0.25, -0.2) is 4.79 Å². The number of carbonyl (C=O) groups is 2. The Bertz CT molecular complexity index is 883. The number of imide groups is 1. The van der Waals surface area contributed by atoms with Gasteiger partial charge in [0.15, 0.2) is 0 Å². The lowest BCUT2D eigenvalue weighted by atomic mass is 9.91. The summed E-state index contributed by atoms with van der Waals surface area (Å²) in [7, 11) is 0. The van der Waals surface area contributed by atoms with Crippen molar-refractivity contribution in [3.05, 3.63) is 70.8 Å². The second-order valence-corrected chi connectivity index (χ2v) is 6.66. The predicted octanol–water partition coefficient (Wildman–Crippen LogP) is 3.48. The monoisotopic (exact) mass is 347 g/mol. The number of rotatable bonds is 5. The van der Waals surface area contributed by atoms with E-state index in [9.17, 15) is 14.9 Å². The Morgan fingerprint density at radius 2 is 1.81 bits per heavy atom. The molecule has 0 unspecified atom stereocenters. The van der Waals surface area contributed by atoms with E-state index in [-0.39, 0.29) is 12.5 Å². The van der Waals surface area contributed by atoms with Gasteiger partial charge in [0, 0.05) is 0 Å². The average Bonchev–Trinajstić information content (AvgIpc) is 2.87. The quantitative estimate of drug-likeness (QED) is 0.842. The van der Waals surface area contributed by atoms with E-state index in [1.165, 1.54) is 10.5 Å². The van der Waals surface area contributed by atoms with Gasteiger partial charge < -0.3 is 5.32 Å². The number of nitrogens with zero attached hydrogens (tertiary/aromatic N) is 2. The molecule has 5 heteroatoms. The minimum atomic E-state index is -1.09. The van der Waals surface area contributed by atoms with E-state index in [4.69, 9.17) is 0 Å². The summed E-state index contributed by atoms with van der Waals surface area (Å²) in [5.41, 5.74) is 1.98. The first-order valence-electron chi connectivity index (χ1n) is 8.71. The Morgan fingerprint density at radius 3 is 2.46 bits per heavy atom. The highest BCUT2D eigenvalue weighted by Gasteiger charge is 2.48. The number of urea groups is 1. The van der Waals surface area contributed by atoms with E-state index < -0.39 is 11.6 Å². The van der Waals surface area contributed by atoms with Crippen LogP contribution in [0.3, 0.4) is 0 Å². The molecule has 1 heterocycles. The lowest BCUT2D eigenvalue weighted by Crippen LogP contribution is -2.40. The van der Waals surface area contributed by atoms with Crippen LogP contribution >= 0.6 is 0 Å². The molecule has 26 heavy (non-hydrogen) atoms. The summed E-state index contributed by atoms with van der Waals surface area (Å²) in [5.74, 6) is -0.307. The van der Waals surface area contributed by atoms with Gasteiger partial charge in [0.25, 0.3) is 5.91 Å². The summed E-state index contributed by atoms with van der Waals surface area (Å²) < 4.78 is 0. The highest BCUT2D eigenvalue weighted by molar-refractivity contribution is 6.07. The van der Waals surface area contributed by atoms with E-state index >= 15 is 0 Å². The van der Waals surface area contributed by atoms with Gasteiger partial charge in [-0.05, 0) is 36.1 Å². The van der Waals surface area contributed by atoms with Crippen LogP contribution in [0.15, 0.2) is 48.5 Å². The van der Waals surface area contributed by atoms with Crippen molar-refractivity contribution in [3.8, 4) is 6.07 Å². The van der Waals surface area contributed by atoms with E-state index in [1.807, 2.05) is 24.3 Å². The SMILES string of the molecule is CCCc1ccc([C@@]2(C)NC(=O)N(Cc3ccccc3C#N)C2=O)cc1. The fourth-order valence-electron chi connectivity index (χ4n) is 3.27. The summed E-state index contributed by atoms with van der Waals surface area (Å²) >= 11 is 0. The van der Waals surface area contributed by atoms with Crippen LogP contribution in [-0.4, -0.2) is 16.8 Å². The first-order chi connectivity index (χ1) is 12.5. The normalized spacial score (nSPS) is 19.3. The van der Waals surface area contributed by atoms with E-state index in [0.29, 0.717) is 11.1 Å². The molecule has 0 saturated carbocycles. The molecule has 132 valence electrons. The average molecular weight is 347 g/mol. The number of nitriles is 1. The highest BCUT2D eigenvalue weighted by Crippen LogP contribution is 2.30. The second-order valence-electron chi connectivity index (χ2n) is 6.66. The molecule has 1 aliphatic heterocycles. The summed E-state index contributed by atoms with van der Waals surface area (Å²) in [4.78, 5) is 26.6. The Labute approximate surface area is 153 Å². The van der Waals surface area contributed by atoms with E-state index in [2.05, 4.69) is 18.3 Å². The molecular weight excluding hydrogens is 326 g/mol. The molecular formula is C21H21N3O2. The third-order valence-electron chi connectivity index (χ3n) is 4.81. The Kier molecular flexibility index (Phi) is 4.77. The maximum Gasteiger partial charge on any atom is 0.325 e. The van der Waals surface area contributed by atoms with Crippen molar-refractivity contribution in [2.75, 3.05) is 0 Å². The van der Waals surface area contributed by atoms with Gasteiger partial charge in [0.05, 0.1) is 18.2 Å². The zero-order chi connectivity index (χ0) is 18.7. The Morgan fingerprint density at radius 1 is 1.12 bits per heavy atom. The number of hydrogen-bond acceptors (Lipinski definition) is 3. The molecule has 0 radical (unpaired) electrons. The van der Waals surface area contributed by atoms with Crippen molar-refractivity contribution >= 4 is 11.9 Å². The Hall–Kier alpha value is -3.13. The molecule has 5 nitrogen and oxygen atoms in total. The van der Waals surface area contributed by atoms with Crippen LogP contribution in [0, 0.1) is 11.3 Å². The number of carbonyl (C=O) groups excluding carboxylic acids is 2. The fourth-order valence-corrected chi connectivity index (χ4v) is 3.27. The zero-order valence-corrected chi connectivity index (χ0v) is 15.0. The smallest absolute Gasteiger partial charge is 0.319 e. The number of hydrogen-bond donors (Lipinski definition) is 1. The minimum Gasteiger partial charge on any atom is -0.319 e. The third-order valence-corrected chi connectivity index (χ3v) is 4.81. The van der Waals surface area contributed by atoms with Crippen molar-refractivity contribution in [2.45, 2.75) is 38.8 Å². The molecule has 0 aliphatic carbocycles. The van der Waals surface area contributed by atoms with Gasteiger partial charge in [-0.2, -0.15) is 5.26 Å². The van der Waals surface area contributed by atoms with Crippen LogP contribution < -0.4 is 5.32 Å². The van der Waals surface area contributed by atoms with Crippen molar-refractivity contribution in [1.82, 2.24) is 10.2 Å². The van der Waals surface area contributed by atoms with Gasteiger partial charge in [-0.3, -0.25) is 9.69 Å². The van der Waals surface area contributed by atoms with E-state index in [0.717, 1.165) is 18.4 Å². The van der Waals surface area contributed by atoms with Crippen molar-refractivity contribution in [1.29, 1.82) is 5.26 Å². The molecule has 1 fully saturated rings. The van der Waals surface area contributed by atoms with Crippen LogP contribution in [0.2, 0.25) is 0 Å². The summed E-state index contributed by atoms with van der Waals surface area (Å²) in [6.07, 6.45) is 2.03. The molecule has 0 spiro atoms. The lowest BCUT2D eigenvalue weighted by molar-refractivity contribution is -0.131. The molecule has 1 atom stereocenters. The van der Waals surface area contributed by atoms with Crippen LogP contribution in [0.1, 0.15) is 42.5 Å². The first-order valence-corrected chi connectivity index (χ1v) is 8.71. The molecule has 2 aromatic carbocycles. The topological polar surface area (TPSA) is 73.2 Å². The summed E-state index contributed by atoms with van der Waals surface area (Å²) in [6.45, 7) is 3.92. The lowest BCUT2D eigenvalue weighted by Gasteiger charge is -2.22. The minimum absolute atomic E-state index is 0.0813.